The van der Waals surface area contributed by atoms with Gasteiger partial charge in [-0.25, -0.2) is 0 Å². The van der Waals surface area contributed by atoms with Gasteiger partial charge < -0.3 is 16.4 Å². The van der Waals surface area contributed by atoms with Crippen molar-refractivity contribution in [2.75, 3.05) is 17.7 Å². The van der Waals surface area contributed by atoms with Crippen LogP contribution in [-0.2, 0) is 0 Å². The third-order valence-corrected chi connectivity index (χ3v) is 3.57. The Bertz CT molecular complexity index is 460. The molecule has 4 nitrogen and oxygen atoms in total. The van der Waals surface area contributed by atoms with Gasteiger partial charge in [-0.1, -0.05) is 25.4 Å². The van der Waals surface area contributed by atoms with Crippen LogP contribution in [0.4, 0.5) is 11.4 Å². The molecule has 0 spiro atoms. The van der Waals surface area contributed by atoms with E-state index in [1.54, 1.807) is 12.1 Å². The molecule has 0 aromatic heterocycles. The second-order valence-electron chi connectivity index (χ2n) is 4.86. The zero-order valence-corrected chi connectivity index (χ0v) is 12.0. The molecule has 100 valence electrons. The molecule has 4 N–H and O–H groups in total. The summed E-state index contributed by atoms with van der Waals surface area (Å²) in [6.45, 7) is 6.29. The predicted molar refractivity (Wildman–Crippen MR) is 77.1 cm³/mol. The van der Waals surface area contributed by atoms with Gasteiger partial charge in [-0.3, -0.25) is 4.79 Å². The monoisotopic (exact) mass is 269 g/mol. The van der Waals surface area contributed by atoms with Gasteiger partial charge in [0.25, 0.3) is 5.91 Å². The minimum atomic E-state index is -0.526. The van der Waals surface area contributed by atoms with Crippen molar-refractivity contribution in [3.63, 3.8) is 0 Å². The lowest BCUT2D eigenvalue weighted by molar-refractivity contribution is 0.100. The van der Waals surface area contributed by atoms with Crippen LogP contribution in [0, 0.1) is 5.92 Å². The predicted octanol–water partition coefficient (Wildman–Crippen LogP) is 2.50. The fourth-order valence-corrected chi connectivity index (χ4v) is 2.18. The van der Waals surface area contributed by atoms with Gasteiger partial charge in [-0.05, 0) is 25.0 Å². The summed E-state index contributed by atoms with van der Waals surface area (Å²) in [7, 11) is 1.90. The molecule has 1 aromatic carbocycles. The first kappa shape index (κ1) is 14.6. The fraction of sp³-hybridized carbons (Fsp3) is 0.462. The zero-order valence-electron chi connectivity index (χ0n) is 11.2. The van der Waals surface area contributed by atoms with E-state index in [1.807, 2.05) is 11.9 Å². The van der Waals surface area contributed by atoms with Crippen molar-refractivity contribution in [1.82, 2.24) is 0 Å². The first-order valence-electron chi connectivity index (χ1n) is 5.87. The van der Waals surface area contributed by atoms with Gasteiger partial charge in [0.15, 0.2) is 0 Å². The van der Waals surface area contributed by atoms with Gasteiger partial charge in [0.1, 0.15) is 0 Å². The standard InChI is InChI=1S/C13H20ClN3O/c1-7(2)8(3)17(4)12-10(13(16)18)5-9(15)6-11(12)14/h5-8H,15H2,1-4H3,(H2,16,18). The van der Waals surface area contributed by atoms with Gasteiger partial charge in [0, 0.05) is 18.8 Å². The number of carbonyl (C=O) groups is 1. The number of anilines is 2. The molecule has 5 heteroatoms. The Labute approximate surface area is 113 Å². The molecule has 0 fully saturated rings. The minimum absolute atomic E-state index is 0.226. The third-order valence-electron chi connectivity index (χ3n) is 3.28. The van der Waals surface area contributed by atoms with Crippen molar-refractivity contribution in [3.05, 3.63) is 22.7 Å². The van der Waals surface area contributed by atoms with E-state index in [4.69, 9.17) is 23.1 Å². The molecule has 0 aliphatic rings. The lowest BCUT2D eigenvalue weighted by Gasteiger charge is -2.32. The Kier molecular flexibility index (Phi) is 4.46. The van der Waals surface area contributed by atoms with Crippen molar-refractivity contribution < 1.29 is 4.79 Å². The molecule has 0 radical (unpaired) electrons. The molecule has 1 rings (SSSR count). The highest BCUT2D eigenvalue weighted by atomic mass is 35.5. The van der Waals surface area contributed by atoms with Crippen molar-refractivity contribution in [2.24, 2.45) is 11.7 Å². The van der Waals surface area contributed by atoms with E-state index in [1.165, 1.54) is 0 Å². The van der Waals surface area contributed by atoms with Crippen LogP contribution in [0.3, 0.4) is 0 Å². The maximum atomic E-state index is 11.5. The van der Waals surface area contributed by atoms with Crippen molar-refractivity contribution in [2.45, 2.75) is 26.8 Å². The fourth-order valence-electron chi connectivity index (χ4n) is 1.82. The average Bonchev–Trinajstić information content (AvgIpc) is 2.25. The number of carbonyl (C=O) groups excluding carboxylic acids is 1. The van der Waals surface area contributed by atoms with E-state index in [2.05, 4.69) is 20.8 Å². The Hall–Kier alpha value is -1.42. The van der Waals surface area contributed by atoms with E-state index in [9.17, 15) is 4.79 Å². The lowest BCUT2D eigenvalue weighted by atomic mass is 10.0. The third kappa shape index (κ3) is 2.88. The van der Waals surface area contributed by atoms with E-state index in [0.717, 1.165) is 0 Å². The van der Waals surface area contributed by atoms with Crippen LogP contribution in [-0.4, -0.2) is 19.0 Å². The molecule has 1 amide bonds. The highest BCUT2D eigenvalue weighted by Gasteiger charge is 2.21. The summed E-state index contributed by atoms with van der Waals surface area (Å²) in [5.74, 6) is -0.105. The van der Waals surface area contributed by atoms with Crippen molar-refractivity contribution >= 4 is 28.9 Å². The van der Waals surface area contributed by atoms with E-state index < -0.39 is 5.91 Å². The maximum Gasteiger partial charge on any atom is 0.250 e. The number of amides is 1. The maximum absolute atomic E-state index is 11.5. The second kappa shape index (κ2) is 5.48. The van der Waals surface area contributed by atoms with Gasteiger partial charge >= 0.3 is 0 Å². The molecule has 1 aromatic rings. The Morgan fingerprint density at radius 2 is 1.89 bits per heavy atom. The van der Waals surface area contributed by atoms with Crippen LogP contribution in [0.1, 0.15) is 31.1 Å². The minimum Gasteiger partial charge on any atom is -0.399 e. The molecule has 0 saturated heterocycles. The summed E-state index contributed by atoms with van der Waals surface area (Å²) < 4.78 is 0. The summed E-state index contributed by atoms with van der Waals surface area (Å²) >= 11 is 6.19. The summed E-state index contributed by atoms with van der Waals surface area (Å²) in [5, 5.41) is 0.443. The summed E-state index contributed by atoms with van der Waals surface area (Å²) in [6, 6.07) is 3.42. The largest absolute Gasteiger partial charge is 0.399 e. The van der Waals surface area contributed by atoms with Gasteiger partial charge in [-0.2, -0.15) is 0 Å². The Balaban J connectivity index is 3.34. The number of nitrogen functional groups attached to an aromatic ring is 1. The number of halogens is 1. The topological polar surface area (TPSA) is 72.3 Å². The molecule has 0 heterocycles. The Morgan fingerprint density at radius 3 is 2.33 bits per heavy atom. The van der Waals surface area contributed by atoms with E-state index in [-0.39, 0.29) is 6.04 Å². The van der Waals surface area contributed by atoms with Crippen LogP contribution in [0.25, 0.3) is 0 Å². The first-order chi connectivity index (χ1) is 8.25. The van der Waals surface area contributed by atoms with Crippen molar-refractivity contribution in [3.8, 4) is 0 Å². The molecule has 0 saturated carbocycles. The molecular weight excluding hydrogens is 250 g/mol. The zero-order chi connectivity index (χ0) is 14.0. The lowest BCUT2D eigenvalue weighted by Crippen LogP contribution is -2.35. The van der Waals surface area contributed by atoms with Gasteiger partial charge in [0.2, 0.25) is 0 Å². The van der Waals surface area contributed by atoms with E-state index in [0.29, 0.717) is 27.9 Å². The van der Waals surface area contributed by atoms with E-state index >= 15 is 0 Å². The molecular formula is C13H20ClN3O. The van der Waals surface area contributed by atoms with Gasteiger partial charge in [-0.15, -0.1) is 0 Å². The smallest absolute Gasteiger partial charge is 0.250 e. The number of primary amides is 1. The number of hydrogen-bond acceptors (Lipinski definition) is 3. The average molecular weight is 270 g/mol. The summed E-state index contributed by atoms with van der Waals surface area (Å²) in [6.07, 6.45) is 0. The molecule has 0 bridgehead atoms. The van der Waals surface area contributed by atoms with Gasteiger partial charge in [0.05, 0.1) is 16.3 Å². The first-order valence-corrected chi connectivity index (χ1v) is 6.25. The highest BCUT2D eigenvalue weighted by molar-refractivity contribution is 6.34. The second-order valence-corrected chi connectivity index (χ2v) is 5.27. The van der Waals surface area contributed by atoms with Crippen LogP contribution in [0.2, 0.25) is 5.02 Å². The number of nitrogens with zero attached hydrogens (tertiary/aromatic N) is 1. The van der Waals surface area contributed by atoms with Crippen LogP contribution < -0.4 is 16.4 Å². The molecule has 1 atom stereocenters. The number of rotatable bonds is 4. The SMILES string of the molecule is CC(C)C(C)N(C)c1c(Cl)cc(N)cc1C(N)=O. The quantitative estimate of drug-likeness (QED) is 0.825. The van der Waals surface area contributed by atoms with Crippen LogP contribution >= 0.6 is 11.6 Å². The van der Waals surface area contributed by atoms with Crippen LogP contribution in [0.5, 0.6) is 0 Å². The number of nitrogens with two attached hydrogens (primary N) is 2. The number of hydrogen-bond donors (Lipinski definition) is 2. The Morgan fingerprint density at radius 1 is 1.33 bits per heavy atom. The highest BCUT2D eigenvalue weighted by Crippen LogP contribution is 2.33. The summed E-state index contributed by atoms with van der Waals surface area (Å²) in [5.41, 5.74) is 12.5. The molecule has 0 aliphatic heterocycles. The van der Waals surface area contributed by atoms with Crippen molar-refractivity contribution in [1.29, 1.82) is 0 Å². The number of benzene rings is 1. The molecule has 1 unspecified atom stereocenters. The molecule has 18 heavy (non-hydrogen) atoms. The van der Waals surface area contributed by atoms with Crippen LogP contribution in [0.15, 0.2) is 12.1 Å². The molecule has 0 aliphatic carbocycles. The summed E-state index contributed by atoms with van der Waals surface area (Å²) in [4.78, 5) is 13.5. The normalized spacial score (nSPS) is 12.6.